The summed E-state index contributed by atoms with van der Waals surface area (Å²) in [4.78, 5) is 0. The summed E-state index contributed by atoms with van der Waals surface area (Å²) >= 11 is 0. The standard InChI is InChI=1S/C9H12N4/c1-3-8-11-12-9-4-6(2)7(10)5-13(8)9/h4-5H,3,10H2,1-2H3. The van der Waals surface area contributed by atoms with E-state index in [1.807, 2.05) is 30.5 Å². The Balaban J connectivity index is 2.77. The molecule has 2 aromatic rings. The predicted molar refractivity (Wildman–Crippen MR) is 51.5 cm³/mol. The van der Waals surface area contributed by atoms with Crippen LogP contribution >= 0.6 is 0 Å². The Hall–Kier alpha value is -1.58. The molecule has 0 radical (unpaired) electrons. The van der Waals surface area contributed by atoms with Crippen molar-refractivity contribution in [2.24, 2.45) is 0 Å². The van der Waals surface area contributed by atoms with Gasteiger partial charge in [-0.2, -0.15) is 0 Å². The minimum atomic E-state index is 0.780. The monoisotopic (exact) mass is 176 g/mol. The van der Waals surface area contributed by atoms with E-state index >= 15 is 0 Å². The van der Waals surface area contributed by atoms with E-state index in [4.69, 9.17) is 5.73 Å². The minimum Gasteiger partial charge on any atom is -0.397 e. The van der Waals surface area contributed by atoms with Gasteiger partial charge in [0.05, 0.1) is 5.69 Å². The van der Waals surface area contributed by atoms with Gasteiger partial charge in [-0.1, -0.05) is 6.92 Å². The third-order valence-electron chi connectivity index (χ3n) is 2.18. The first kappa shape index (κ1) is 8.04. The Morgan fingerprint density at radius 2 is 2.23 bits per heavy atom. The van der Waals surface area contributed by atoms with Crippen molar-refractivity contribution in [1.82, 2.24) is 14.6 Å². The van der Waals surface area contributed by atoms with Crippen LogP contribution in [0.1, 0.15) is 18.3 Å². The smallest absolute Gasteiger partial charge is 0.161 e. The Labute approximate surface area is 76.4 Å². The van der Waals surface area contributed by atoms with E-state index in [2.05, 4.69) is 10.2 Å². The maximum Gasteiger partial charge on any atom is 0.161 e. The number of hydrogen-bond acceptors (Lipinski definition) is 3. The molecule has 0 amide bonds. The van der Waals surface area contributed by atoms with Gasteiger partial charge in [-0.15, -0.1) is 10.2 Å². The van der Waals surface area contributed by atoms with Gasteiger partial charge in [0.15, 0.2) is 5.65 Å². The molecule has 2 N–H and O–H groups in total. The van der Waals surface area contributed by atoms with Crippen molar-refractivity contribution in [3.8, 4) is 0 Å². The molecule has 0 fully saturated rings. The Morgan fingerprint density at radius 1 is 1.46 bits per heavy atom. The number of nitrogens with zero attached hydrogens (tertiary/aromatic N) is 3. The molecule has 4 heteroatoms. The van der Waals surface area contributed by atoms with Gasteiger partial charge in [-0.25, -0.2) is 0 Å². The van der Waals surface area contributed by atoms with E-state index < -0.39 is 0 Å². The van der Waals surface area contributed by atoms with Crippen molar-refractivity contribution in [1.29, 1.82) is 0 Å². The summed E-state index contributed by atoms with van der Waals surface area (Å²) in [7, 11) is 0. The molecule has 0 atom stereocenters. The van der Waals surface area contributed by atoms with Crippen LogP contribution in [-0.4, -0.2) is 14.6 Å². The SMILES string of the molecule is CCc1nnc2cc(C)c(N)cn12. The third kappa shape index (κ3) is 1.14. The lowest BCUT2D eigenvalue weighted by Gasteiger charge is -2.01. The second-order valence-corrected chi connectivity index (χ2v) is 3.11. The molecule has 0 aromatic carbocycles. The highest BCUT2D eigenvalue weighted by Crippen LogP contribution is 2.13. The van der Waals surface area contributed by atoms with Crippen molar-refractivity contribution < 1.29 is 0 Å². The normalized spacial score (nSPS) is 10.9. The summed E-state index contributed by atoms with van der Waals surface area (Å²) in [5.41, 5.74) is 8.48. The summed E-state index contributed by atoms with van der Waals surface area (Å²) < 4.78 is 1.93. The van der Waals surface area contributed by atoms with Gasteiger partial charge in [0.2, 0.25) is 0 Å². The molecule has 2 aromatic heterocycles. The van der Waals surface area contributed by atoms with Crippen LogP contribution in [0.4, 0.5) is 5.69 Å². The number of anilines is 1. The molecule has 0 saturated heterocycles. The van der Waals surface area contributed by atoms with E-state index in [1.165, 1.54) is 0 Å². The predicted octanol–water partition coefficient (Wildman–Crippen LogP) is 1.18. The van der Waals surface area contributed by atoms with Crippen molar-refractivity contribution >= 4 is 11.3 Å². The highest BCUT2D eigenvalue weighted by Gasteiger charge is 2.04. The topological polar surface area (TPSA) is 56.2 Å². The Morgan fingerprint density at radius 3 is 2.92 bits per heavy atom. The first-order chi connectivity index (χ1) is 6.22. The maximum atomic E-state index is 5.79. The van der Waals surface area contributed by atoms with Gasteiger partial charge >= 0.3 is 0 Å². The number of pyridine rings is 1. The van der Waals surface area contributed by atoms with Crippen molar-refractivity contribution in [3.63, 3.8) is 0 Å². The number of nitrogen functional groups attached to an aromatic ring is 1. The van der Waals surface area contributed by atoms with Gasteiger partial charge in [-0.05, 0) is 18.6 Å². The van der Waals surface area contributed by atoms with Crippen LogP contribution in [0.2, 0.25) is 0 Å². The summed E-state index contributed by atoms with van der Waals surface area (Å²) in [6, 6.07) is 1.95. The molecular formula is C9H12N4. The van der Waals surface area contributed by atoms with Crippen molar-refractivity contribution in [2.75, 3.05) is 5.73 Å². The second kappa shape index (κ2) is 2.73. The highest BCUT2D eigenvalue weighted by atomic mass is 15.2. The largest absolute Gasteiger partial charge is 0.397 e. The lowest BCUT2D eigenvalue weighted by atomic mass is 10.2. The lowest BCUT2D eigenvalue weighted by Crippen LogP contribution is -1.97. The van der Waals surface area contributed by atoms with E-state index in [1.54, 1.807) is 0 Å². The fraction of sp³-hybridized carbons (Fsp3) is 0.333. The zero-order valence-electron chi connectivity index (χ0n) is 7.78. The average Bonchev–Trinajstić information content (AvgIpc) is 2.48. The van der Waals surface area contributed by atoms with Crippen molar-refractivity contribution in [3.05, 3.63) is 23.7 Å². The van der Waals surface area contributed by atoms with E-state index in [-0.39, 0.29) is 0 Å². The van der Waals surface area contributed by atoms with Crippen LogP contribution < -0.4 is 5.73 Å². The first-order valence-electron chi connectivity index (χ1n) is 4.32. The Kier molecular flexibility index (Phi) is 1.69. The molecule has 0 unspecified atom stereocenters. The third-order valence-corrected chi connectivity index (χ3v) is 2.18. The molecule has 68 valence electrons. The molecule has 0 aliphatic rings. The van der Waals surface area contributed by atoms with Gasteiger partial charge in [-0.3, -0.25) is 4.40 Å². The molecule has 0 bridgehead atoms. The number of hydrogen-bond donors (Lipinski definition) is 1. The van der Waals surface area contributed by atoms with E-state index in [0.29, 0.717) is 0 Å². The molecular weight excluding hydrogens is 164 g/mol. The van der Waals surface area contributed by atoms with Gasteiger partial charge in [0, 0.05) is 12.6 Å². The van der Waals surface area contributed by atoms with Crippen LogP contribution in [-0.2, 0) is 6.42 Å². The van der Waals surface area contributed by atoms with Crippen LogP contribution in [0, 0.1) is 6.92 Å². The van der Waals surface area contributed by atoms with E-state index in [0.717, 1.165) is 29.1 Å². The maximum absolute atomic E-state index is 5.79. The number of nitrogens with two attached hydrogens (primary N) is 1. The second-order valence-electron chi connectivity index (χ2n) is 3.11. The summed E-state index contributed by atoms with van der Waals surface area (Å²) in [6.45, 7) is 4.02. The van der Waals surface area contributed by atoms with Gasteiger partial charge < -0.3 is 5.73 Å². The summed E-state index contributed by atoms with van der Waals surface area (Å²) in [6.07, 6.45) is 2.74. The minimum absolute atomic E-state index is 0.780. The molecule has 13 heavy (non-hydrogen) atoms. The van der Waals surface area contributed by atoms with Crippen LogP contribution in [0.15, 0.2) is 12.3 Å². The first-order valence-corrected chi connectivity index (χ1v) is 4.32. The van der Waals surface area contributed by atoms with Gasteiger partial charge in [0.1, 0.15) is 5.82 Å². The van der Waals surface area contributed by atoms with Crippen LogP contribution in [0.25, 0.3) is 5.65 Å². The molecule has 0 saturated carbocycles. The Bertz CT molecular complexity index is 444. The summed E-state index contributed by atoms with van der Waals surface area (Å²) in [5.74, 6) is 0.946. The molecule has 2 heterocycles. The van der Waals surface area contributed by atoms with Crippen LogP contribution in [0.3, 0.4) is 0 Å². The van der Waals surface area contributed by atoms with Gasteiger partial charge in [0.25, 0.3) is 0 Å². The summed E-state index contributed by atoms with van der Waals surface area (Å²) in [5, 5.41) is 8.10. The highest BCUT2D eigenvalue weighted by molar-refractivity contribution is 5.53. The lowest BCUT2D eigenvalue weighted by molar-refractivity contribution is 0.909. The zero-order chi connectivity index (χ0) is 9.42. The molecule has 2 rings (SSSR count). The molecule has 0 spiro atoms. The van der Waals surface area contributed by atoms with E-state index in [9.17, 15) is 0 Å². The average molecular weight is 176 g/mol. The fourth-order valence-electron chi connectivity index (χ4n) is 1.34. The molecule has 0 aliphatic heterocycles. The quantitative estimate of drug-likeness (QED) is 0.709. The van der Waals surface area contributed by atoms with Crippen molar-refractivity contribution in [2.45, 2.75) is 20.3 Å². The number of aryl methyl sites for hydroxylation is 2. The number of aromatic nitrogens is 3. The van der Waals surface area contributed by atoms with Crippen LogP contribution in [0.5, 0.6) is 0 Å². The number of fused-ring (bicyclic) bond motifs is 1. The fourth-order valence-corrected chi connectivity index (χ4v) is 1.34. The number of rotatable bonds is 1. The molecule has 0 aliphatic carbocycles. The molecule has 4 nitrogen and oxygen atoms in total. The zero-order valence-corrected chi connectivity index (χ0v) is 7.78.